The van der Waals surface area contributed by atoms with Crippen molar-refractivity contribution in [3.05, 3.63) is 33.8 Å². The van der Waals surface area contributed by atoms with Gasteiger partial charge < -0.3 is 4.90 Å². The van der Waals surface area contributed by atoms with Crippen LogP contribution >= 0.6 is 27.5 Å². The zero-order valence-electron chi connectivity index (χ0n) is 9.63. The summed E-state index contributed by atoms with van der Waals surface area (Å²) in [5.41, 5.74) is 1.69. The number of benzene rings is 1. The van der Waals surface area contributed by atoms with Crippen LogP contribution in [0.25, 0.3) is 0 Å². The van der Waals surface area contributed by atoms with E-state index in [0.717, 1.165) is 15.6 Å². The van der Waals surface area contributed by atoms with Crippen LogP contribution in [0.3, 0.4) is 0 Å². The molecule has 2 nitrogen and oxygen atoms in total. The van der Waals surface area contributed by atoms with E-state index in [0.29, 0.717) is 5.88 Å². The molecule has 1 rings (SSSR count). The first-order chi connectivity index (χ1) is 7.47. The van der Waals surface area contributed by atoms with E-state index in [1.54, 1.807) is 11.9 Å². The Hall–Kier alpha value is -0.540. The van der Waals surface area contributed by atoms with Gasteiger partial charge in [0.05, 0.1) is 0 Å². The summed E-state index contributed by atoms with van der Waals surface area (Å²) >= 11 is 9.12. The van der Waals surface area contributed by atoms with Crippen LogP contribution < -0.4 is 0 Å². The molecule has 88 valence electrons. The lowest BCUT2D eigenvalue weighted by atomic mass is 10.1. The van der Waals surface area contributed by atoms with Gasteiger partial charge >= 0.3 is 0 Å². The van der Waals surface area contributed by atoms with E-state index < -0.39 is 0 Å². The number of rotatable bonds is 3. The highest BCUT2D eigenvalue weighted by molar-refractivity contribution is 9.10. The summed E-state index contributed by atoms with van der Waals surface area (Å²) in [5.74, 6) is 0.454. The normalized spacial score (nSPS) is 12.3. The lowest BCUT2D eigenvalue weighted by molar-refractivity contribution is 0.0756. The minimum Gasteiger partial charge on any atom is -0.338 e. The molecule has 0 saturated heterocycles. The van der Waals surface area contributed by atoms with Crippen molar-refractivity contribution in [2.75, 3.05) is 12.9 Å². The average Bonchev–Trinajstić information content (AvgIpc) is 2.26. The second-order valence-corrected chi connectivity index (χ2v) is 5.10. The molecular weight excluding hydrogens is 289 g/mol. The smallest absolute Gasteiger partial charge is 0.254 e. The summed E-state index contributed by atoms with van der Waals surface area (Å²) < 4.78 is 0.981. The molecule has 0 fully saturated rings. The number of halogens is 2. The van der Waals surface area contributed by atoms with Crippen molar-refractivity contribution in [2.24, 2.45) is 0 Å². The van der Waals surface area contributed by atoms with E-state index in [2.05, 4.69) is 15.9 Å². The van der Waals surface area contributed by atoms with Crippen molar-refractivity contribution in [1.29, 1.82) is 0 Å². The number of alkyl halides is 1. The lowest BCUT2D eigenvalue weighted by Gasteiger charge is -2.23. The Balaban J connectivity index is 2.96. The molecule has 0 saturated carbocycles. The molecule has 0 N–H and O–H groups in total. The van der Waals surface area contributed by atoms with Crippen LogP contribution in [0.4, 0.5) is 0 Å². The molecule has 0 spiro atoms. The predicted molar refractivity (Wildman–Crippen MR) is 71.2 cm³/mol. The number of hydrogen-bond donors (Lipinski definition) is 0. The molecule has 0 heterocycles. The quantitative estimate of drug-likeness (QED) is 0.783. The molecule has 0 bridgehead atoms. The summed E-state index contributed by atoms with van der Waals surface area (Å²) in [5, 5.41) is 0. The summed E-state index contributed by atoms with van der Waals surface area (Å²) in [7, 11) is 1.77. The van der Waals surface area contributed by atoms with E-state index in [4.69, 9.17) is 11.6 Å². The summed E-state index contributed by atoms with van der Waals surface area (Å²) in [6, 6.07) is 5.68. The minimum atomic E-state index is 0.0122. The fourth-order valence-corrected chi connectivity index (χ4v) is 2.04. The van der Waals surface area contributed by atoms with E-state index in [1.165, 1.54) is 0 Å². The third kappa shape index (κ3) is 2.98. The Kier molecular flexibility index (Phi) is 4.81. The second-order valence-electron chi connectivity index (χ2n) is 3.88. The van der Waals surface area contributed by atoms with Gasteiger partial charge in [0.2, 0.25) is 0 Å². The largest absolute Gasteiger partial charge is 0.338 e. The second kappa shape index (κ2) is 5.69. The standard InChI is InChI=1S/C12H15BrClNO/c1-8-6-10(13)4-5-11(8)12(16)15(3)9(2)7-14/h4-6,9H,7H2,1-3H3. The van der Waals surface area contributed by atoms with Gasteiger partial charge in [0.15, 0.2) is 0 Å². The Morgan fingerprint density at radius 2 is 2.19 bits per heavy atom. The van der Waals surface area contributed by atoms with Gasteiger partial charge in [0.1, 0.15) is 0 Å². The molecule has 1 unspecified atom stereocenters. The van der Waals surface area contributed by atoms with Crippen LogP contribution in [0, 0.1) is 6.92 Å². The number of carbonyl (C=O) groups excluding carboxylic acids is 1. The molecule has 0 aliphatic rings. The van der Waals surface area contributed by atoms with Gasteiger partial charge in [-0.3, -0.25) is 4.79 Å². The van der Waals surface area contributed by atoms with Crippen molar-refractivity contribution in [3.63, 3.8) is 0 Å². The molecule has 1 amide bonds. The Morgan fingerprint density at radius 3 is 2.69 bits per heavy atom. The predicted octanol–water partition coefficient (Wildman–Crippen LogP) is 3.46. The highest BCUT2D eigenvalue weighted by Gasteiger charge is 2.18. The highest BCUT2D eigenvalue weighted by atomic mass is 79.9. The maximum absolute atomic E-state index is 12.1. The van der Waals surface area contributed by atoms with E-state index >= 15 is 0 Å². The number of aryl methyl sites for hydroxylation is 1. The summed E-state index contributed by atoms with van der Waals surface area (Å²) in [4.78, 5) is 13.8. The fourth-order valence-electron chi connectivity index (χ4n) is 1.36. The zero-order valence-corrected chi connectivity index (χ0v) is 12.0. The monoisotopic (exact) mass is 303 g/mol. The third-order valence-corrected chi connectivity index (χ3v) is 3.56. The maximum Gasteiger partial charge on any atom is 0.254 e. The number of amides is 1. The Bertz CT molecular complexity index is 395. The highest BCUT2D eigenvalue weighted by Crippen LogP contribution is 2.18. The number of carbonyl (C=O) groups is 1. The SMILES string of the molecule is Cc1cc(Br)ccc1C(=O)N(C)C(C)CCl. The van der Waals surface area contributed by atoms with Crippen LogP contribution in [0.5, 0.6) is 0 Å². The lowest BCUT2D eigenvalue weighted by Crippen LogP contribution is -2.36. The molecule has 0 radical (unpaired) electrons. The van der Waals surface area contributed by atoms with Gasteiger partial charge in [0.25, 0.3) is 5.91 Å². The van der Waals surface area contributed by atoms with Gasteiger partial charge in [-0.2, -0.15) is 0 Å². The van der Waals surface area contributed by atoms with Gasteiger partial charge in [0, 0.05) is 29.0 Å². The first-order valence-corrected chi connectivity index (χ1v) is 6.39. The molecule has 4 heteroatoms. The maximum atomic E-state index is 12.1. The minimum absolute atomic E-state index is 0.0122. The van der Waals surface area contributed by atoms with E-state index in [9.17, 15) is 4.79 Å². The van der Waals surface area contributed by atoms with Crippen LogP contribution in [0.1, 0.15) is 22.8 Å². The van der Waals surface area contributed by atoms with Crippen molar-refractivity contribution in [2.45, 2.75) is 19.9 Å². The van der Waals surface area contributed by atoms with Crippen LogP contribution in [-0.4, -0.2) is 29.8 Å². The molecule has 0 aliphatic heterocycles. The van der Waals surface area contributed by atoms with E-state index in [1.807, 2.05) is 32.0 Å². The van der Waals surface area contributed by atoms with Gasteiger partial charge in [-0.25, -0.2) is 0 Å². The molecular formula is C12H15BrClNO. The van der Waals surface area contributed by atoms with Crippen molar-refractivity contribution >= 4 is 33.4 Å². The van der Waals surface area contributed by atoms with Crippen LogP contribution in [0.15, 0.2) is 22.7 Å². The average molecular weight is 305 g/mol. The third-order valence-electron chi connectivity index (χ3n) is 2.62. The van der Waals surface area contributed by atoms with Gasteiger partial charge in [-0.05, 0) is 37.6 Å². The molecule has 1 aromatic rings. The zero-order chi connectivity index (χ0) is 12.3. The van der Waals surface area contributed by atoms with Gasteiger partial charge in [-0.15, -0.1) is 11.6 Å². The molecule has 16 heavy (non-hydrogen) atoms. The molecule has 0 aromatic heterocycles. The van der Waals surface area contributed by atoms with Crippen molar-refractivity contribution < 1.29 is 4.79 Å². The number of nitrogens with zero attached hydrogens (tertiary/aromatic N) is 1. The fraction of sp³-hybridized carbons (Fsp3) is 0.417. The summed E-state index contributed by atoms with van der Waals surface area (Å²) in [6.45, 7) is 3.86. The number of hydrogen-bond acceptors (Lipinski definition) is 1. The molecule has 1 aromatic carbocycles. The van der Waals surface area contributed by atoms with Gasteiger partial charge in [-0.1, -0.05) is 15.9 Å². The first-order valence-electron chi connectivity index (χ1n) is 5.06. The topological polar surface area (TPSA) is 20.3 Å². The van der Waals surface area contributed by atoms with Crippen LogP contribution in [0.2, 0.25) is 0 Å². The van der Waals surface area contributed by atoms with Crippen LogP contribution in [-0.2, 0) is 0 Å². The Morgan fingerprint density at radius 1 is 1.56 bits per heavy atom. The van der Waals surface area contributed by atoms with Crippen molar-refractivity contribution in [3.8, 4) is 0 Å². The Labute approximate surface area is 110 Å². The molecule has 0 aliphatic carbocycles. The van der Waals surface area contributed by atoms with Crippen molar-refractivity contribution in [1.82, 2.24) is 4.90 Å². The first kappa shape index (κ1) is 13.5. The molecule has 1 atom stereocenters. The van der Waals surface area contributed by atoms with E-state index in [-0.39, 0.29) is 11.9 Å². The summed E-state index contributed by atoms with van der Waals surface area (Å²) in [6.07, 6.45) is 0.